The third kappa shape index (κ3) is 4.95. The van der Waals surface area contributed by atoms with Gasteiger partial charge in [0.2, 0.25) is 0 Å². The van der Waals surface area contributed by atoms with Crippen molar-refractivity contribution in [2.45, 2.75) is 38.9 Å². The molecule has 0 aliphatic carbocycles. The second-order valence-electron chi connectivity index (χ2n) is 8.24. The van der Waals surface area contributed by atoms with Crippen LogP contribution in [0.4, 0.5) is 0 Å². The first-order valence-electron chi connectivity index (χ1n) is 10.3. The van der Waals surface area contributed by atoms with E-state index in [0.29, 0.717) is 12.1 Å². The molecule has 29 heavy (non-hydrogen) atoms. The fourth-order valence-corrected chi connectivity index (χ4v) is 4.00. The lowest BCUT2D eigenvalue weighted by molar-refractivity contribution is 0.0781. The first-order valence-corrected chi connectivity index (χ1v) is 10.3. The normalized spacial score (nSPS) is 14.9. The molecule has 1 aliphatic heterocycles. The van der Waals surface area contributed by atoms with Gasteiger partial charge in [-0.1, -0.05) is 24.3 Å². The summed E-state index contributed by atoms with van der Waals surface area (Å²) in [6.45, 7) is 4.93. The lowest BCUT2D eigenvalue weighted by Crippen LogP contribution is -2.39. The molecule has 3 rings (SSSR count). The van der Waals surface area contributed by atoms with E-state index in [1.807, 2.05) is 51.5 Å². The molecular formula is C23H32N4O2. The molecule has 6 heteroatoms. The Morgan fingerprint density at radius 1 is 1.07 bits per heavy atom. The number of carbonyl (C=O) groups is 1. The Labute approximate surface area is 173 Å². The van der Waals surface area contributed by atoms with Gasteiger partial charge in [0.1, 0.15) is 5.56 Å². The predicted octanol–water partition coefficient (Wildman–Crippen LogP) is 2.42. The summed E-state index contributed by atoms with van der Waals surface area (Å²) in [4.78, 5) is 30.2. The number of pyridine rings is 1. The molecule has 1 amide bonds. The highest BCUT2D eigenvalue weighted by Gasteiger charge is 2.23. The molecular weight excluding hydrogens is 364 g/mol. The molecule has 0 saturated carbocycles. The first-order chi connectivity index (χ1) is 13.9. The van der Waals surface area contributed by atoms with Crippen LogP contribution in [-0.2, 0) is 13.1 Å². The Bertz CT molecular complexity index is 913. The zero-order chi connectivity index (χ0) is 21.0. The summed E-state index contributed by atoms with van der Waals surface area (Å²) in [7, 11) is 5.83. The van der Waals surface area contributed by atoms with Gasteiger partial charge in [-0.15, -0.1) is 0 Å². The molecule has 1 N–H and O–H groups in total. The maximum Gasteiger partial charge on any atom is 0.263 e. The van der Waals surface area contributed by atoms with Gasteiger partial charge in [-0.3, -0.25) is 9.59 Å². The Kier molecular flexibility index (Phi) is 6.87. The minimum Gasteiger partial charge on any atom is -0.337 e. The average molecular weight is 397 g/mol. The van der Waals surface area contributed by atoms with Gasteiger partial charge in [0.25, 0.3) is 11.5 Å². The number of aryl methyl sites for hydroxylation is 1. The third-order valence-corrected chi connectivity index (χ3v) is 5.60. The molecule has 156 valence electrons. The number of rotatable bonds is 6. The summed E-state index contributed by atoms with van der Waals surface area (Å²) in [6, 6.07) is 10.2. The maximum absolute atomic E-state index is 13.2. The number of nitrogens with one attached hydrogen (secondary N) is 1. The summed E-state index contributed by atoms with van der Waals surface area (Å²) in [5.74, 6) is -0.213. The van der Waals surface area contributed by atoms with Crippen molar-refractivity contribution in [3.63, 3.8) is 0 Å². The molecule has 1 fully saturated rings. The van der Waals surface area contributed by atoms with Crippen molar-refractivity contribution in [1.29, 1.82) is 0 Å². The molecule has 0 unspecified atom stereocenters. The fraction of sp³-hybridized carbons (Fsp3) is 0.478. The van der Waals surface area contributed by atoms with E-state index in [4.69, 9.17) is 0 Å². The highest BCUT2D eigenvalue weighted by molar-refractivity contribution is 5.95. The molecule has 2 aromatic rings. The third-order valence-electron chi connectivity index (χ3n) is 5.60. The van der Waals surface area contributed by atoms with Crippen molar-refractivity contribution in [1.82, 2.24) is 19.7 Å². The number of benzene rings is 1. The van der Waals surface area contributed by atoms with E-state index in [0.717, 1.165) is 43.6 Å². The summed E-state index contributed by atoms with van der Waals surface area (Å²) in [6.07, 6.45) is 3.66. The first kappa shape index (κ1) is 21.3. The van der Waals surface area contributed by atoms with E-state index >= 15 is 0 Å². The van der Waals surface area contributed by atoms with Gasteiger partial charge in [-0.2, -0.15) is 0 Å². The average Bonchev–Trinajstić information content (AvgIpc) is 2.69. The van der Waals surface area contributed by atoms with Gasteiger partial charge in [0.05, 0.1) is 0 Å². The second kappa shape index (κ2) is 9.37. The van der Waals surface area contributed by atoms with Gasteiger partial charge in [-0.25, -0.2) is 0 Å². The standard InChI is InChI=1S/C23H32N4O2/c1-17-11-14-27(20-9-12-24-13-10-20)23(29)21(17)22(28)26(4)16-19-8-6-5-7-18(19)15-25(2)3/h5-8,11,14,20,24H,9-10,12-13,15-16H2,1-4H3. The molecule has 1 saturated heterocycles. The van der Waals surface area contributed by atoms with E-state index in [1.165, 1.54) is 5.56 Å². The van der Waals surface area contributed by atoms with Gasteiger partial charge in [0, 0.05) is 32.4 Å². The zero-order valence-corrected chi connectivity index (χ0v) is 17.9. The van der Waals surface area contributed by atoms with Crippen molar-refractivity contribution in [2.24, 2.45) is 0 Å². The lowest BCUT2D eigenvalue weighted by atomic mass is 10.0. The van der Waals surface area contributed by atoms with Crippen molar-refractivity contribution in [2.75, 3.05) is 34.2 Å². The van der Waals surface area contributed by atoms with E-state index in [2.05, 4.69) is 16.3 Å². The minimum absolute atomic E-state index is 0.155. The number of hydrogen-bond acceptors (Lipinski definition) is 4. The quantitative estimate of drug-likeness (QED) is 0.815. The van der Waals surface area contributed by atoms with E-state index in [9.17, 15) is 9.59 Å². The molecule has 6 nitrogen and oxygen atoms in total. The predicted molar refractivity (Wildman–Crippen MR) is 116 cm³/mol. The van der Waals surface area contributed by atoms with Crippen LogP contribution in [0.1, 0.15) is 45.9 Å². The summed E-state index contributed by atoms with van der Waals surface area (Å²) >= 11 is 0. The maximum atomic E-state index is 13.2. The van der Waals surface area contributed by atoms with Crippen LogP contribution in [0.2, 0.25) is 0 Å². The van der Waals surface area contributed by atoms with Crippen LogP contribution in [0.25, 0.3) is 0 Å². The minimum atomic E-state index is -0.213. The highest BCUT2D eigenvalue weighted by atomic mass is 16.2. The second-order valence-corrected chi connectivity index (χ2v) is 8.24. The Hall–Kier alpha value is -2.44. The topological polar surface area (TPSA) is 57.6 Å². The van der Waals surface area contributed by atoms with Crippen LogP contribution < -0.4 is 10.9 Å². The van der Waals surface area contributed by atoms with Crippen molar-refractivity contribution < 1.29 is 4.79 Å². The molecule has 0 radical (unpaired) electrons. The summed E-state index contributed by atoms with van der Waals surface area (Å²) in [5, 5.41) is 3.32. The number of aromatic nitrogens is 1. The van der Waals surface area contributed by atoms with Gasteiger partial charge in [-0.05, 0) is 69.7 Å². The van der Waals surface area contributed by atoms with E-state index in [-0.39, 0.29) is 17.5 Å². The largest absolute Gasteiger partial charge is 0.337 e. The van der Waals surface area contributed by atoms with Crippen LogP contribution in [-0.4, -0.2) is 54.5 Å². The number of nitrogens with zero attached hydrogens (tertiary/aromatic N) is 3. The summed E-state index contributed by atoms with van der Waals surface area (Å²) in [5.41, 5.74) is 3.14. The van der Waals surface area contributed by atoms with Crippen molar-refractivity contribution in [3.05, 3.63) is 69.1 Å². The molecule has 2 heterocycles. The Balaban J connectivity index is 1.86. The highest BCUT2D eigenvalue weighted by Crippen LogP contribution is 2.19. The number of piperidine rings is 1. The molecule has 1 aliphatic rings. The zero-order valence-electron chi connectivity index (χ0n) is 17.9. The van der Waals surface area contributed by atoms with Crippen molar-refractivity contribution in [3.8, 4) is 0 Å². The molecule has 1 aromatic carbocycles. The van der Waals surface area contributed by atoms with Crippen LogP contribution in [0.3, 0.4) is 0 Å². The van der Waals surface area contributed by atoms with Crippen LogP contribution in [0.5, 0.6) is 0 Å². The number of amides is 1. The SMILES string of the molecule is Cc1ccn(C2CCNCC2)c(=O)c1C(=O)N(C)Cc1ccccc1CN(C)C. The molecule has 1 aromatic heterocycles. The Morgan fingerprint density at radius 2 is 1.69 bits per heavy atom. The number of carbonyl (C=O) groups excluding carboxylic acids is 1. The smallest absolute Gasteiger partial charge is 0.263 e. The summed E-state index contributed by atoms with van der Waals surface area (Å²) < 4.78 is 1.76. The lowest BCUT2D eigenvalue weighted by Gasteiger charge is -2.26. The van der Waals surface area contributed by atoms with Crippen molar-refractivity contribution >= 4 is 5.91 Å². The monoisotopic (exact) mass is 396 g/mol. The van der Waals surface area contributed by atoms with Crippen LogP contribution in [0.15, 0.2) is 41.3 Å². The van der Waals surface area contributed by atoms with Gasteiger partial charge in [0.15, 0.2) is 0 Å². The fourth-order valence-electron chi connectivity index (χ4n) is 4.00. The van der Waals surface area contributed by atoms with E-state index < -0.39 is 0 Å². The van der Waals surface area contributed by atoms with E-state index in [1.54, 1.807) is 16.5 Å². The molecule has 0 bridgehead atoms. The molecule has 0 spiro atoms. The van der Waals surface area contributed by atoms with Crippen LogP contribution >= 0.6 is 0 Å². The van der Waals surface area contributed by atoms with Gasteiger partial charge < -0.3 is 19.7 Å². The Morgan fingerprint density at radius 3 is 2.31 bits per heavy atom. The van der Waals surface area contributed by atoms with Gasteiger partial charge >= 0.3 is 0 Å². The van der Waals surface area contributed by atoms with Crippen LogP contribution in [0, 0.1) is 6.92 Å². The number of hydrogen-bond donors (Lipinski definition) is 1. The molecule has 0 atom stereocenters.